The molecule has 0 radical (unpaired) electrons. The molecule has 0 aliphatic carbocycles. The Morgan fingerprint density at radius 1 is 0.529 bits per heavy atom. The number of phenolic OH excluding ortho intramolecular Hbond substituents is 2. The maximum Gasteiger partial charge on any atom is 0.115 e. The fourth-order valence-corrected chi connectivity index (χ4v) is 21.5. The van der Waals surface area contributed by atoms with Crippen LogP contribution in [-0.4, -0.2) is 25.5 Å². The van der Waals surface area contributed by atoms with Gasteiger partial charge in [-0.2, -0.15) is 0 Å². The predicted octanol–water partition coefficient (Wildman–Crippen LogP) is 25.0. The number of nitrogens with zero attached hydrogens (tertiary/aromatic N) is 1. The zero-order valence-electron chi connectivity index (χ0n) is 48.7. The maximum atomic E-state index is 10.4. The van der Waals surface area contributed by atoms with Crippen molar-refractivity contribution in [1.82, 2.24) is 0 Å². The number of aryl methyl sites for hydroxylation is 3. The smallest absolute Gasteiger partial charge is 0.115 e. The predicted molar refractivity (Wildman–Crippen MR) is 387 cm³/mol. The molecule has 2 aliphatic heterocycles. The molecule has 12 heteroatoms. The van der Waals surface area contributed by atoms with E-state index in [-0.39, 0.29) is 16.2 Å². The Morgan fingerprint density at radius 2 is 0.918 bits per heavy atom. The molecule has 85 heavy (non-hydrogen) atoms. The summed E-state index contributed by atoms with van der Waals surface area (Å²) in [5.41, 5.74) is 15.0. The first kappa shape index (κ1) is 59.4. The number of hydrogen-bond donors (Lipinski definition) is 3. The number of phenols is 2. The quantitative estimate of drug-likeness (QED) is 0.0624. The van der Waals surface area contributed by atoms with Gasteiger partial charge in [0.2, 0.25) is 0 Å². The largest absolute Gasteiger partial charge is 0.508 e. The van der Waals surface area contributed by atoms with E-state index in [1.165, 1.54) is 91.3 Å². The van der Waals surface area contributed by atoms with Gasteiger partial charge in [-0.05, 0) is 214 Å². The summed E-state index contributed by atoms with van der Waals surface area (Å²) < 4.78 is -0.265. The van der Waals surface area contributed by atoms with Crippen molar-refractivity contribution < 1.29 is 10.2 Å². The highest BCUT2D eigenvalue weighted by Gasteiger charge is 2.34. The highest BCUT2D eigenvalue weighted by Crippen LogP contribution is 2.58. The number of thiol groups is 1. The van der Waals surface area contributed by atoms with Crippen LogP contribution in [0.1, 0.15) is 73.2 Å². The van der Waals surface area contributed by atoms with Gasteiger partial charge >= 0.3 is 0 Å². The molecule has 5 aromatic carbocycles. The van der Waals surface area contributed by atoms with Gasteiger partial charge in [-0.1, -0.05) is 81.1 Å². The van der Waals surface area contributed by atoms with Crippen LogP contribution < -0.4 is 4.90 Å². The molecule has 0 amide bonds. The number of rotatable bonds is 17. The number of thioether (sulfide) groups is 3. The average molecular weight is 1280 g/mol. The van der Waals surface area contributed by atoms with E-state index >= 15 is 0 Å². The topological polar surface area (TPSA) is 43.7 Å². The number of hydrogen-bond acceptors (Lipinski definition) is 12. The zero-order chi connectivity index (χ0) is 59.3. The standard InChI is InChI=1S/C73H65NO2S9/c1-10-11-47(7)85-73(8,9)67(62-41-16-46(6)82-62)68(77)48-17-27-53(28-18-48)74(54-29-19-49(20-30-54)69-63(58-37-12-42(2)78-58)65(60-39-14-44(4)80-60)71(83-69)51-23-33-56(75)34-24-51)55-31-21-50(22-32-55)70-64(59-38-13-43(3)79-59)66(61-40-15-45(5)81-61)72(84-70)52-25-35-57(76)36-26-52/h10-12,14-15,17-41,43,46,75-77H,1,13,16H2,2-9H3/b47-11-,68-67-. The molecule has 428 valence electrons. The molecule has 0 saturated heterocycles. The van der Waals surface area contributed by atoms with Crippen molar-refractivity contribution in [2.24, 2.45) is 0 Å². The molecule has 10 aromatic rings. The lowest BCUT2D eigenvalue weighted by molar-refractivity contribution is 0.475. The first-order valence-corrected chi connectivity index (χ1v) is 35.5. The molecule has 0 spiro atoms. The molecule has 0 saturated carbocycles. The third-order valence-corrected chi connectivity index (χ3v) is 25.0. The van der Waals surface area contributed by atoms with E-state index in [0.717, 1.165) is 62.6 Å². The van der Waals surface area contributed by atoms with Crippen molar-refractivity contribution in [3.63, 3.8) is 0 Å². The third kappa shape index (κ3) is 12.4. The van der Waals surface area contributed by atoms with Gasteiger partial charge in [0.25, 0.3) is 0 Å². The lowest BCUT2D eigenvalue weighted by Crippen LogP contribution is -2.20. The second-order valence-corrected chi connectivity index (χ2v) is 33.3. The molecule has 0 fully saturated rings. The van der Waals surface area contributed by atoms with Crippen molar-refractivity contribution >= 4 is 131 Å². The highest BCUT2D eigenvalue weighted by molar-refractivity contribution is 8.09. The van der Waals surface area contributed by atoms with Gasteiger partial charge in [0, 0.05) is 118 Å². The lowest BCUT2D eigenvalue weighted by Gasteiger charge is -2.31. The fraction of sp³-hybridized carbons (Fsp3) is 0.178. The van der Waals surface area contributed by atoms with Crippen LogP contribution in [0.15, 0.2) is 204 Å². The molecule has 7 heterocycles. The number of thiophene rings is 5. The Hall–Kier alpha value is -5.90. The molecule has 2 N–H and O–H groups in total. The van der Waals surface area contributed by atoms with Gasteiger partial charge in [-0.15, -0.1) is 105 Å². The van der Waals surface area contributed by atoms with Gasteiger partial charge in [0.1, 0.15) is 11.5 Å². The van der Waals surface area contributed by atoms with Crippen LogP contribution in [0.5, 0.6) is 11.5 Å². The molecule has 3 nitrogen and oxygen atoms in total. The van der Waals surface area contributed by atoms with Crippen molar-refractivity contribution in [2.45, 2.75) is 83.5 Å². The van der Waals surface area contributed by atoms with E-state index in [2.05, 4.69) is 206 Å². The SMILES string of the molecule is C=C/C=C(/C)SC(C)(C)/C(C1=CCC(C)S1)=C(\S)c1ccc(N(c2ccc(-c3sc(-c4ccc(O)cc4)c(-c4ccc(C)s4)c3C3=CCC(C)S3)cc2)c2ccc(-c3sc(-c4ccc(O)cc4)c(-c4ccc(C)s4)c3-c3ccc(C)s3)cc2)cc1. The van der Waals surface area contributed by atoms with Crippen molar-refractivity contribution in [3.05, 3.63) is 230 Å². The summed E-state index contributed by atoms with van der Waals surface area (Å²) in [4.78, 5) is 19.6. The first-order valence-electron chi connectivity index (χ1n) is 28.4. The Balaban J connectivity index is 1.01. The average Bonchev–Trinajstić information content (AvgIpc) is 3.42. The summed E-state index contributed by atoms with van der Waals surface area (Å²) >= 11 is 20.4. The fourth-order valence-electron chi connectivity index (χ4n) is 11.3. The van der Waals surface area contributed by atoms with Crippen LogP contribution in [0.25, 0.3) is 82.9 Å². The Labute approximate surface area is 539 Å². The Bertz CT molecular complexity index is 4230. The maximum absolute atomic E-state index is 10.4. The van der Waals surface area contributed by atoms with Crippen LogP contribution in [0.3, 0.4) is 0 Å². The summed E-state index contributed by atoms with van der Waals surface area (Å²) in [6.45, 7) is 22.0. The van der Waals surface area contributed by atoms with Gasteiger partial charge in [0.05, 0.1) is 0 Å². The monoisotopic (exact) mass is 1280 g/mol. The summed E-state index contributed by atoms with van der Waals surface area (Å²) in [6, 6.07) is 56.2. The van der Waals surface area contributed by atoms with Gasteiger partial charge in [-0.3, -0.25) is 0 Å². The van der Waals surface area contributed by atoms with Gasteiger partial charge in [0.15, 0.2) is 0 Å². The van der Waals surface area contributed by atoms with Crippen LogP contribution >= 0.6 is 105 Å². The second-order valence-electron chi connectivity index (χ2n) is 22.1. The van der Waals surface area contributed by atoms with Gasteiger partial charge < -0.3 is 15.1 Å². The zero-order valence-corrected chi connectivity index (χ0v) is 56.1. The van der Waals surface area contributed by atoms with E-state index in [4.69, 9.17) is 12.6 Å². The van der Waals surface area contributed by atoms with E-state index in [9.17, 15) is 10.2 Å². The second kappa shape index (κ2) is 25.1. The molecule has 12 rings (SSSR count). The first-order chi connectivity index (χ1) is 41.0. The molecule has 2 aliphatic rings. The van der Waals surface area contributed by atoms with Crippen LogP contribution in [-0.2, 0) is 0 Å². The molecule has 2 atom stereocenters. The summed E-state index contributed by atoms with van der Waals surface area (Å²) in [7, 11) is 0. The van der Waals surface area contributed by atoms with Crippen LogP contribution in [0, 0.1) is 20.8 Å². The number of anilines is 3. The normalized spacial score (nSPS) is 15.8. The summed E-state index contributed by atoms with van der Waals surface area (Å²) in [5.74, 6) is 0.517. The molecular formula is C73H65NO2S9. The van der Waals surface area contributed by atoms with Crippen molar-refractivity contribution in [1.29, 1.82) is 0 Å². The molecule has 5 aromatic heterocycles. The van der Waals surface area contributed by atoms with Crippen LogP contribution in [0.4, 0.5) is 17.1 Å². The minimum atomic E-state index is -0.265. The Kier molecular flexibility index (Phi) is 17.5. The third-order valence-electron chi connectivity index (χ3n) is 15.2. The van der Waals surface area contributed by atoms with Crippen molar-refractivity contribution in [3.8, 4) is 84.6 Å². The van der Waals surface area contributed by atoms with E-state index in [1.54, 1.807) is 24.3 Å². The Morgan fingerprint density at radius 3 is 1.29 bits per heavy atom. The lowest BCUT2D eigenvalue weighted by atomic mass is 9.97. The van der Waals surface area contributed by atoms with E-state index < -0.39 is 0 Å². The van der Waals surface area contributed by atoms with E-state index in [0.29, 0.717) is 10.5 Å². The molecule has 2 unspecified atom stereocenters. The highest BCUT2D eigenvalue weighted by atomic mass is 32.2. The van der Waals surface area contributed by atoms with Crippen molar-refractivity contribution in [2.75, 3.05) is 4.90 Å². The van der Waals surface area contributed by atoms with E-state index in [1.807, 2.05) is 110 Å². The number of aromatic hydroxyl groups is 2. The van der Waals surface area contributed by atoms with Gasteiger partial charge in [-0.25, -0.2) is 0 Å². The molecule has 0 bridgehead atoms. The minimum absolute atomic E-state index is 0.255. The minimum Gasteiger partial charge on any atom is -0.508 e. The summed E-state index contributed by atoms with van der Waals surface area (Å²) in [5, 5.41) is 21.9. The van der Waals surface area contributed by atoms with Crippen LogP contribution in [0.2, 0.25) is 0 Å². The number of benzene rings is 5. The molecular weight excluding hydrogens is 1210 g/mol. The summed E-state index contributed by atoms with van der Waals surface area (Å²) in [6.07, 6.45) is 10.9. The number of allylic oxidation sites excluding steroid dienone is 6.